The first-order chi connectivity index (χ1) is 10.4. The van der Waals surface area contributed by atoms with Crippen molar-refractivity contribution in [2.24, 2.45) is 0 Å². The van der Waals surface area contributed by atoms with Crippen LogP contribution in [-0.2, 0) is 21.1 Å². The minimum atomic E-state index is -4.12. The molecule has 0 aliphatic rings. The zero-order valence-corrected chi connectivity index (χ0v) is 18.2. The molecule has 0 aromatic heterocycles. The van der Waals surface area contributed by atoms with Crippen LogP contribution in [0.15, 0.2) is 0 Å². The SMILES string of the molecule is FP(F)F.FP(F)F.FP(F)F.FP(F)F.FP(F)F.FP(F)F.[W]. The standard InChI is InChI=1S/6F3P.W/c6*1-4(2)3;. The molecule has 0 saturated carbocycles. The predicted molar refractivity (Wildman–Crippen MR) is 61.5 cm³/mol. The molecule has 0 amide bonds. The van der Waals surface area contributed by atoms with Crippen LogP contribution < -0.4 is 0 Å². The van der Waals surface area contributed by atoms with Gasteiger partial charge in [-0.25, -0.2) is 0 Å². The van der Waals surface area contributed by atoms with Crippen LogP contribution in [0.3, 0.4) is 0 Å². The molecule has 0 aliphatic heterocycles. The van der Waals surface area contributed by atoms with Crippen LogP contribution in [0.25, 0.3) is 0 Å². The smallest absolute Gasteiger partial charge is 0.152 e. The van der Waals surface area contributed by atoms with Gasteiger partial charge in [-0.1, -0.05) is 0 Å². The largest absolute Gasteiger partial charge is 0.456 e. The fourth-order valence-corrected chi connectivity index (χ4v) is 0. The molecule has 0 saturated heterocycles. The quantitative estimate of drug-likeness (QED) is 0.173. The maximum absolute atomic E-state index is 9.73. The summed E-state index contributed by atoms with van der Waals surface area (Å²) in [7, 11) is -24.7. The Hall–Kier alpha value is 2.01. The molecule has 0 atom stereocenters. The second-order valence-corrected chi connectivity index (χ2v) is 3.45. The van der Waals surface area contributed by atoms with Crippen molar-refractivity contribution in [3.8, 4) is 0 Å². The second-order valence-electron chi connectivity index (χ2n) is 1.15. The first-order valence-corrected chi connectivity index (χ1v) is 9.13. The molecule has 0 radical (unpaired) electrons. The van der Waals surface area contributed by atoms with Gasteiger partial charge in [-0.2, -0.15) is 75.5 Å². The molecule has 0 fully saturated rings. The van der Waals surface area contributed by atoms with E-state index in [9.17, 15) is 75.5 Å². The van der Waals surface area contributed by atoms with E-state index in [4.69, 9.17) is 0 Å². The van der Waals surface area contributed by atoms with E-state index in [0.29, 0.717) is 0 Å². The summed E-state index contributed by atoms with van der Waals surface area (Å²) in [6.07, 6.45) is 0. The van der Waals surface area contributed by atoms with Crippen molar-refractivity contribution in [1.29, 1.82) is 0 Å². The molecule has 25 heteroatoms. The summed E-state index contributed by atoms with van der Waals surface area (Å²) in [6, 6.07) is 0. The Balaban J connectivity index is -0.0000000309. The third-order valence-electron chi connectivity index (χ3n) is 0. The molecule has 0 unspecified atom stereocenters. The fourth-order valence-electron chi connectivity index (χ4n) is 0. The van der Waals surface area contributed by atoms with Gasteiger partial charge >= 0.3 is 53.1 Å². The summed E-state index contributed by atoms with van der Waals surface area (Å²) in [5.41, 5.74) is 0. The van der Waals surface area contributed by atoms with Gasteiger partial charge in [0.1, 0.15) is 0 Å². The third-order valence-corrected chi connectivity index (χ3v) is 0. The van der Waals surface area contributed by atoms with Gasteiger partial charge in [0, 0.05) is 21.1 Å². The molecular formula is F18P6W. The summed E-state index contributed by atoms with van der Waals surface area (Å²) in [5, 5.41) is 0. The monoisotopic (exact) mass is 712 g/mol. The summed E-state index contributed by atoms with van der Waals surface area (Å²) < 4.78 is 175. The molecule has 0 rings (SSSR count). The number of hydrogen-bond acceptors (Lipinski definition) is 0. The first kappa shape index (κ1) is 45.6. The number of hydrogen-bond donors (Lipinski definition) is 0. The Morgan fingerprint density at radius 3 is 0.200 bits per heavy atom. The van der Waals surface area contributed by atoms with Crippen molar-refractivity contribution in [1.82, 2.24) is 0 Å². The minimum absolute atomic E-state index is 0. The van der Waals surface area contributed by atoms with Crippen molar-refractivity contribution in [3.63, 3.8) is 0 Å². The van der Waals surface area contributed by atoms with Crippen molar-refractivity contribution in [3.05, 3.63) is 0 Å². The Bertz CT molecular complexity index is 101. The van der Waals surface area contributed by atoms with Gasteiger partial charge < -0.3 is 0 Å². The van der Waals surface area contributed by atoms with Crippen molar-refractivity contribution in [2.45, 2.75) is 0 Å². The van der Waals surface area contributed by atoms with Crippen molar-refractivity contribution >= 4 is 53.1 Å². The number of rotatable bonds is 0. The topological polar surface area (TPSA) is 0 Å². The van der Waals surface area contributed by atoms with Gasteiger partial charge in [0.2, 0.25) is 0 Å². The van der Waals surface area contributed by atoms with E-state index in [0.717, 1.165) is 0 Å². The molecular weight excluding hydrogens is 712 g/mol. The molecule has 0 N–H and O–H groups in total. The third kappa shape index (κ3) is 3720. The minimum Gasteiger partial charge on any atom is -0.152 e. The zero-order chi connectivity index (χ0) is 21.5. The van der Waals surface area contributed by atoms with Crippen molar-refractivity contribution in [2.75, 3.05) is 0 Å². The Morgan fingerprint density at radius 1 is 0.200 bits per heavy atom. The average Bonchev–Trinajstić information content (AvgIpc) is 2.08. The van der Waals surface area contributed by atoms with Crippen LogP contribution in [-0.4, -0.2) is 0 Å². The Kier molecular flexibility index (Phi) is 74.2. The van der Waals surface area contributed by atoms with Crippen LogP contribution in [0, 0.1) is 0 Å². The van der Waals surface area contributed by atoms with Gasteiger partial charge in [-0.05, 0) is 0 Å². The molecule has 0 aromatic carbocycles. The zero-order valence-electron chi connectivity index (χ0n) is 9.89. The van der Waals surface area contributed by atoms with Crippen LogP contribution in [0.1, 0.15) is 0 Å². The molecule has 0 spiro atoms. The number of halogens is 18. The van der Waals surface area contributed by atoms with E-state index < -0.39 is 53.1 Å². The van der Waals surface area contributed by atoms with E-state index >= 15 is 0 Å². The predicted octanol–water partition coefficient (Wildman–Crippen LogP) is 12.7. The van der Waals surface area contributed by atoms with Gasteiger partial charge in [0.05, 0.1) is 0 Å². The maximum Gasteiger partial charge on any atom is 0.456 e. The molecule has 162 valence electrons. The molecule has 0 aromatic rings. The molecule has 0 aliphatic carbocycles. The second kappa shape index (κ2) is 40.6. The summed E-state index contributed by atoms with van der Waals surface area (Å²) in [6.45, 7) is 0. The van der Waals surface area contributed by atoms with E-state index in [1.807, 2.05) is 0 Å². The normalized spacial score (nSPS) is 8.64. The van der Waals surface area contributed by atoms with Crippen LogP contribution in [0.5, 0.6) is 0 Å². The Labute approximate surface area is 150 Å². The summed E-state index contributed by atoms with van der Waals surface area (Å²) >= 11 is 0. The van der Waals surface area contributed by atoms with Crippen LogP contribution in [0.4, 0.5) is 75.5 Å². The van der Waals surface area contributed by atoms with Crippen LogP contribution >= 0.6 is 53.1 Å². The first-order valence-electron chi connectivity index (χ1n) is 3.04. The van der Waals surface area contributed by atoms with Gasteiger partial charge in [-0.15, -0.1) is 0 Å². The summed E-state index contributed by atoms with van der Waals surface area (Å²) in [5.74, 6) is 0. The van der Waals surface area contributed by atoms with Crippen molar-refractivity contribution < 1.29 is 96.6 Å². The van der Waals surface area contributed by atoms with E-state index in [2.05, 4.69) is 0 Å². The Morgan fingerprint density at radius 2 is 0.200 bits per heavy atom. The molecule has 25 heavy (non-hydrogen) atoms. The van der Waals surface area contributed by atoms with Gasteiger partial charge in [-0.3, -0.25) is 0 Å². The van der Waals surface area contributed by atoms with Gasteiger partial charge in [0.25, 0.3) is 0 Å². The summed E-state index contributed by atoms with van der Waals surface area (Å²) in [4.78, 5) is 0. The fraction of sp³-hybridized carbons (Fsp3) is 0. The van der Waals surface area contributed by atoms with E-state index in [1.54, 1.807) is 0 Å². The maximum atomic E-state index is 9.73. The van der Waals surface area contributed by atoms with Crippen LogP contribution in [0.2, 0.25) is 0 Å². The average molecular weight is 712 g/mol. The molecule has 0 nitrogen and oxygen atoms in total. The van der Waals surface area contributed by atoms with E-state index in [-0.39, 0.29) is 21.1 Å². The molecule has 0 heterocycles. The van der Waals surface area contributed by atoms with Gasteiger partial charge in [0.15, 0.2) is 0 Å². The molecule has 0 bridgehead atoms. The van der Waals surface area contributed by atoms with E-state index in [1.165, 1.54) is 0 Å².